The van der Waals surface area contributed by atoms with Crippen LogP contribution in [0.4, 0.5) is 23.2 Å². The molecule has 1 N–H and O–H groups in total. The fourth-order valence-corrected chi connectivity index (χ4v) is 1.49. The Hall–Kier alpha value is -1.70. The summed E-state index contributed by atoms with van der Waals surface area (Å²) in [4.78, 5) is 9.76. The Morgan fingerprint density at radius 3 is 2.53 bits per heavy atom. The molecule has 0 saturated heterocycles. The van der Waals surface area contributed by atoms with Crippen molar-refractivity contribution < 1.29 is 22.5 Å². The van der Waals surface area contributed by atoms with E-state index in [-0.39, 0.29) is 25.2 Å². The number of hydrogen-bond donors (Lipinski definition) is 1. The van der Waals surface area contributed by atoms with Crippen LogP contribution >= 0.6 is 0 Å². The molecule has 0 amide bonds. The number of hydrogen-bond acceptors (Lipinski definition) is 3. The molecule has 1 aromatic rings. The van der Waals surface area contributed by atoms with Crippen LogP contribution in [0.3, 0.4) is 0 Å². The van der Waals surface area contributed by atoms with E-state index >= 15 is 0 Å². The van der Waals surface area contributed by atoms with Gasteiger partial charge >= 0.3 is 6.18 Å². The maximum absolute atomic E-state index is 13.0. The molecule has 0 aliphatic heterocycles. The van der Waals surface area contributed by atoms with Crippen molar-refractivity contribution in [2.45, 2.75) is 25.6 Å². The first kappa shape index (κ1) is 15.4. The molecule has 19 heavy (non-hydrogen) atoms. The monoisotopic (exact) mass is 280 g/mol. The zero-order valence-corrected chi connectivity index (χ0v) is 9.84. The van der Waals surface area contributed by atoms with Crippen molar-refractivity contribution in [3.63, 3.8) is 0 Å². The summed E-state index contributed by atoms with van der Waals surface area (Å²) < 4.78 is 48.6. The maximum atomic E-state index is 13.0. The average Bonchev–Trinajstić information content (AvgIpc) is 2.26. The number of nitrogens with zero attached hydrogens (tertiary/aromatic N) is 1. The van der Waals surface area contributed by atoms with Crippen LogP contribution in [0, 0.1) is 15.9 Å². The Bertz CT molecular complexity index is 449. The number of alkyl halides is 3. The molecule has 0 bridgehead atoms. The first-order valence-corrected chi connectivity index (χ1v) is 5.49. The van der Waals surface area contributed by atoms with Gasteiger partial charge in [0.2, 0.25) is 0 Å². The predicted molar refractivity (Wildman–Crippen MR) is 60.1 cm³/mol. The third kappa shape index (κ3) is 6.14. The lowest BCUT2D eigenvalue weighted by molar-refractivity contribution is -0.385. The highest BCUT2D eigenvalue weighted by atomic mass is 19.4. The van der Waals surface area contributed by atoms with Crippen LogP contribution in [-0.2, 0) is 6.54 Å². The van der Waals surface area contributed by atoms with Gasteiger partial charge in [-0.3, -0.25) is 10.1 Å². The van der Waals surface area contributed by atoms with E-state index in [1.54, 1.807) is 0 Å². The van der Waals surface area contributed by atoms with Crippen molar-refractivity contribution in [3.05, 3.63) is 39.7 Å². The molecule has 0 atom stereocenters. The normalized spacial score (nSPS) is 11.6. The second-order valence-electron chi connectivity index (χ2n) is 3.97. The van der Waals surface area contributed by atoms with Gasteiger partial charge in [-0.15, -0.1) is 0 Å². The van der Waals surface area contributed by atoms with Crippen molar-refractivity contribution >= 4 is 5.69 Å². The second kappa shape index (κ2) is 6.46. The molecule has 0 aliphatic carbocycles. The lowest BCUT2D eigenvalue weighted by Crippen LogP contribution is -2.17. The first-order valence-electron chi connectivity index (χ1n) is 5.49. The van der Waals surface area contributed by atoms with E-state index in [1.165, 1.54) is 6.07 Å². The van der Waals surface area contributed by atoms with E-state index in [4.69, 9.17) is 0 Å². The highest BCUT2D eigenvalue weighted by molar-refractivity contribution is 5.35. The highest BCUT2D eigenvalue weighted by Crippen LogP contribution is 2.21. The van der Waals surface area contributed by atoms with Gasteiger partial charge in [0.15, 0.2) is 0 Å². The van der Waals surface area contributed by atoms with E-state index < -0.39 is 23.3 Å². The van der Waals surface area contributed by atoms with Crippen LogP contribution in [0.2, 0.25) is 0 Å². The van der Waals surface area contributed by atoms with Crippen molar-refractivity contribution in [1.29, 1.82) is 0 Å². The summed E-state index contributed by atoms with van der Waals surface area (Å²) in [7, 11) is 0. The molecule has 0 aliphatic rings. The fourth-order valence-electron chi connectivity index (χ4n) is 1.49. The molecule has 8 heteroatoms. The van der Waals surface area contributed by atoms with Crippen LogP contribution in [0.1, 0.15) is 18.4 Å². The Balaban J connectivity index is 2.43. The molecular weight excluding hydrogens is 268 g/mol. The summed E-state index contributed by atoms with van der Waals surface area (Å²) in [6.07, 6.45) is -5.19. The van der Waals surface area contributed by atoms with E-state index in [0.717, 1.165) is 12.1 Å². The largest absolute Gasteiger partial charge is 0.389 e. The molecule has 1 rings (SSSR count). The van der Waals surface area contributed by atoms with Gasteiger partial charge in [-0.2, -0.15) is 13.2 Å². The average molecular weight is 280 g/mol. The van der Waals surface area contributed by atoms with E-state index in [1.807, 2.05) is 0 Å². The number of rotatable bonds is 6. The van der Waals surface area contributed by atoms with Crippen LogP contribution in [0.5, 0.6) is 0 Å². The van der Waals surface area contributed by atoms with E-state index in [9.17, 15) is 27.7 Å². The molecule has 0 saturated carbocycles. The Kier molecular flexibility index (Phi) is 5.22. The number of benzene rings is 1. The number of nitro benzene ring substituents is 1. The molecular formula is C11H12F4N2O2. The molecule has 0 radical (unpaired) electrons. The molecule has 0 aromatic heterocycles. The summed E-state index contributed by atoms with van der Waals surface area (Å²) in [5, 5.41) is 13.2. The van der Waals surface area contributed by atoms with Gasteiger partial charge in [0.1, 0.15) is 5.82 Å². The Labute approximate surface area is 106 Å². The van der Waals surface area contributed by atoms with Crippen molar-refractivity contribution in [3.8, 4) is 0 Å². The zero-order chi connectivity index (χ0) is 14.5. The topological polar surface area (TPSA) is 55.2 Å². The molecule has 106 valence electrons. The lowest BCUT2D eigenvalue weighted by atomic mass is 10.2. The molecule has 0 spiro atoms. The lowest BCUT2D eigenvalue weighted by Gasteiger charge is -2.07. The minimum atomic E-state index is -4.20. The predicted octanol–water partition coefficient (Wildman–Crippen LogP) is 3.17. The number of halogens is 4. The standard InChI is InChI=1S/C11H12F4N2O2/c12-9-4-8(5-10(6-9)17(18)19)7-16-3-1-2-11(13,14)15/h4-6,16H,1-3,7H2. The third-order valence-electron chi connectivity index (χ3n) is 2.30. The summed E-state index contributed by atoms with van der Waals surface area (Å²) in [6, 6.07) is 3.07. The van der Waals surface area contributed by atoms with Gasteiger partial charge in [0.05, 0.1) is 11.0 Å². The van der Waals surface area contributed by atoms with Gasteiger partial charge < -0.3 is 5.32 Å². The first-order chi connectivity index (χ1) is 8.78. The number of nitrogens with one attached hydrogen (secondary N) is 1. The van der Waals surface area contributed by atoms with Gasteiger partial charge in [-0.1, -0.05) is 0 Å². The fraction of sp³-hybridized carbons (Fsp3) is 0.455. The number of nitro groups is 1. The van der Waals surface area contributed by atoms with Crippen LogP contribution in [0.25, 0.3) is 0 Å². The van der Waals surface area contributed by atoms with Crippen LogP contribution in [-0.4, -0.2) is 17.6 Å². The third-order valence-corrected chi connectivity index (χ3v) is 2.30. The summed E-state index contributed by atoms with van der Waals surface area (Å²) in [5.74, 6) is -0.749. The number of non-ortho nitro benzene ring substituents is 1. The molecule has 0 unspecified atom stereocenters. The minimum Gasteiger partial charge on any atom is -0.313 e. The zero-order valence-electron chi connectivity index (χ0n) is 9.84. The van der Waals surface area contributed by atoms with Crippen LogP contribution < -0.4 is 5.32 Å². The minimum absolute atomic E-state index is 0.0798. The molecule has 0 fully saturated rings. The summed E-state index contributed by atoms with van der Waals surface area (Å²) in [5.41, 5.74) is -0.0641. The van der Waals surface area contributed by atoms with Crippen LogP contribution in [0.15, 0.2) is 18.2 Å². The van der Waals surface area contributed by atoms with E-state index in [2.05, 4.69) is 5.32 Å². The van der Waals surface area contributed by atoms with E-state index in [0.29, 0.717) is 5.56 Å². The van der Waals surface area contributed by atoms with Crippen molar-refractivity contribution in [1.82, 2.24) is 5.32 Å². The quantitative estimate of drug-likeness (QED) is 0.377. The smallest absolute Gasteiger partial charge is 0.313 e. The summed E-state index contributed by atoms with van der Waals surface area (Å²) in [6.45, 7) is 0.181. The molecule has 0 heterocycles. The van der Waals surface area contributed by atoms with Gasteiger partial charge in [0.25, 0.3) is 5.69 Å². The molecule has 1 aromatic carbocycles. The van der Waals surface area contributed by atoms with Crippen molar-refractivity contribution in [2.24, 2.45) is 0 Å². The second-order valence-corrected chi connectivity index (χ2v) is 3.97. The summed E-state index contributed by atoms with van der Waals surface area (Å²) >= 11 is 0. The molecule has 4 nitrogen and oxygen atoms in total. The van der Waals surface area contributed by atoms with Gasteiger partial charge in [-0.25, -0.2) is 4.39 Å². The van der Waals surface area contributed by atoms with Gasteiger partial charge in [-0.05, 0) is 24.6 Å². The van der Waals surface area contributed by atoms with Gasteiger partial charge in [0, 0.05) is 19.0 Å². The Morgan fingerprint density at radius 1 is 1.26 bits per heavy atom. The van der Waals surface area contributed by atoms with Crippen molar-refractivity contribution in [2.75, 3.05) is 6.54 Å². The Morgan fingerprint density at radius 2 is 1.95 bits per heavy atom. The SMILES string of the molecule is O=[N+]([O-])c1cc(F)cc(CNCCCC(F)(F)F)c1. The maximum Gasteiger partial charge on any atom is 0.389 e. The highest BCUT2D eigenvalue weighted by Gasteiger charge is 2.25.